The molecule has 0 amide bonds. The van der Waals surface area contributed by atoms with Crippen molar-refractivity contribution in [3.8, 4) is 11.5 Å². The van der Waals surface area contributed by atoms with Gasteiger partial charge in [0.15, 0.2) is 17.3 Å². The molecule has 0 bridgehead atoms. The Morgan fingerprint density at radius 3 is 3.07 bits per heavy atom. The number of benzene rings is 1. The van der Waals surface area contributed by atoms with E-state index in [1.54, 1.807) is 19.4 Å². The Kier molecular flexibility index (Phi) is 4.72. The van der Waals surface area contributed by atoms with Crippen LogP contribution < -0.4 is 10.1 Å². The molecule has 1 aromatic carbocycles. The van der Waals surface area contributed by atoms with Crippen LogP contribution in [0.15, 0.2) is 45.1 Å². The van der Waals surface area contributed by atoms with Crippen molar-refractivity contribution in [1.29, 1.82) is 0 Å². The molecule has 0 spiro atoms. The molecular weight excluding hydrogens is 382 g/mol. The number of methoxy groups -OCH3 is 1. The van der Waals surface area contributed by atoms with Crippen LogP contribution in [0.5, 0.6) is 11.5 Å². The molecule has 0 unspecified atom stereocenters. The highest BCUT2D eigenvalue weighted by Gasteiger charge is 2.25. The lowest BCUT2D eigenvalue weighted by Crippen LogP contribution is -2.49. The Hall–Kier alpha value is -3.23. The topological polar surface area (TPSA) is 95.5 Å². The lowest BCUT2D eigenvalue weighted by Gasteiger charge is -2.34. The van der Waals surface area contributed by atoms with Gasteiger partial charge in [0.1, 0.15) is 17.0 Å². The van der Waals surface area contributed by atoms with E-state index >= 15 is 0 Å². The van der Waals surface area contributed by atoms with E-state index in [1.807, 2.05) is 24.3 Å². The maximum atomic E-state index is 10.9. The summed E-state index contributed by atoms with van der Waals surface area (Å²) in [5.41, 5.74) is 2.98. The number of fused-ring (bicyclic) bond motifs is 2. The number of ether oxygens (including phenoxy) is 1. The minimum Gasteiger partial charge on any atom is -0.504 e. The number of pyridine rings is 1. The molecule has 2 aliphatic rings. The quantitative estimate of drug-likeness (QED) is 0.683. The number of nitrogens with zero attached hydrogens (tertiary/aromatic N) is 4. The average Bonchev–Trinajstić information content (AvgIpc) is 3.32. The van der Waals surface area contributed by atoms with E-state index in [4.69, 9.17) is 9.15 Å². The van der Waals surface area contributed by atoms with Gasteiger partial charge in [0, 0.05) is 50.1 Å². The standard InChI is InChI=1S/C22H23N5O3/c1-13-11-23-8-9-27(13)12-16-18(29-2)6-5-15-20(28)19(30-21(15)16)10-17-14-4-3-7-24-22(14)26-25-17/h3-7,10,13,23,28H,8-9,11-12H2,1-2H3/b17-10-/t13-/m0/s1. The van der Waals surface area contributed by atoms with Crippen molar-refractivity contribution >= 4 is 28.6 Å². The van der Waals surface area contributed by atoms with Gasteiger partial charge in [-0.2, -0.15) is 0 Å². The molecule has 2 aromatic heterocycles. The van der Waals surface area contributed by atoms with E-state index < -0.39 is 0 Å². The van der Waals surface area contributed by atoms with E-state index in [2.05, 4.69) is 32.4 Å². The monoisotopic (exact) mass is 405 g/mol. The van der Waals surface area contributed by atoms with Crippen molar-refractivity contribution in [3.63, 3.8) is 0 Å². The molecule has 0 radical (unpaired) electrons. The van der Waals surface area contributed by atoms with Gasteiger partial charge in [0.25, 0.3) is 0 Å². The Labute approximate surface area is 173 Å². The first kappa shape index (κ1) is 18.8. The van der Waals surface area contributed by atoms with Crippen LogP contribution in [-0.2, 0) is 6.54 Å². The molecule has 1 fully saturated rings. The second-order valence-electron chi connectivity index (χ2n) is 7.57. The lowest BCUT2D eigenvalue weighted by molar-refractivity contribution is 0.164. The molecule has 5 rings (SSSR count). The third kappa shape index (κ3) is 3.14. The zero-order valence-electron chi connectivity index (χ0n) is 16.9. The van der Waals surface area contributed by atoms with Crippen molar-refractivity contribution in [2.24, 2.45) is 10.2 Å². The highest BCUT2D eigenvalue weighted by atomic mass is 16.5. The highest BCUT2D eigenvalue weighted by molar-refractivity contribution is 5.94. The summed E-state index contributed by atoms with van der Waals surface area (Å²) in [7, 11) is 1.65. The zero-order valence-corrected chi connectivity index (χ0v) is 16.9. The molecule has 8 heteroatoms. The SMILES string of the molecule is COc1ccc2c(O)c(/C=C3\N=Nc4ncccc43)oc2c1CN1CCNC[C@@H]1C. The Balaban J connectivity index is 1.58. The summed E-state index contributed by atoms with van der Waals surface area (Å²) in [5, 5.41) is 23.2. The molecule has 0 saturated carbocycles. The van der Waals surface area contributed by atoms with Crippen LogP contribution in [0.1, 0.15) is 23.8 Å². The van der Waals surface area contributed by atoms with Gasteiger partial charge in [-0.3, -0.25) is 4.90 Å². The van der Waals surface area contributed by atoms with Crippen molar-refractivity contribution in [3.05, 3.63) is 47.3 Å². The van der Waals surface area contributed by atoms with Crippen LogP contribution in [-0.4, -0.2) is 47.8 Å². The first-order chi connectivity index (χ1) is 14.7. The van der Waals surface area contributed by atoms with Crippen LogP contribution in [0.25, 0.3) is 22.7 Å². The van der Waals surface area contributed by atoms with E-state index in [0.29, 0.717) is 40.8 Å². The predicted octanol–water partition coefficient (Wildman–Crippen LogP) is 3.93. The fourth-order valence-corrected chi connectivity index (χ4v) is 4.03. The Morgan fingerprint density at radius 1 is 1.33 bits per heavy atom. The Morgan fingerprint density at radius 2 is 2.23 bits per heavy atom. The number of piperazine rings is 1. The maximum absolute atomic E-state index is 10.9. The number of hydrogen-bond acceptors (Lipinski definition) is 8. The summed E-state index contributed by atoms with van der Waals surface area (Å²) in [5.74, 6) is 1.74. The van der Waals surface area contributed by atoms with Gasteiger partial charge < -0.3 is 19.6 Å². The fourth-order valence-electron chi connectivity index (χ4n) is 4.03. The van der Waals surface area contributed by atoms with Gasteiger partial charge in [-0.15, -0.1) is 10.2 Å². The summed E-state index contributed by atoms with van der Waals surface area (Å²) < 4.78 is 11.8. The number of azo groups is 1. The van der Waals surface area contributed by atoms with E-state index in [1.165, 1.54) is 0 Å². The summed E-state index contributed by atoms with van der Waals surface area (Å²) in [6, 6.07) is 7.83. The van der Waals surface area contributed by atoms with Crippen molar-refractivity contribution < 1.29 is 14.3 Å². The summed E-state index contributed by atoms with van der Waals surface area (Å²) >= 11 is 0. The second-order valence-corrected chi connectivity index (χ2v) is 7.57. The van der Waals surface area contributed by atoms with Crippen molar-refractivity contribution in [1.82, 2.24) is 15.2 Å². The second kappa shape index (κ2) is 7.55. The number of rotatable bonds is 4. The van der Waals surface area contributed by atoms with Gasteiger partial charge in [0.2, 0.25) is 0 Å². The first-order valence-electron chi connectivity index (χ1n) is 10.0. The predicted molar refractivity (Wildman–Crippen MR) is 114 cm³/mol. The van der Waals surface area contributed by atoms with E-state index in [-0.39, 0.29) is 5.75 Å². The van der Waals surface area contributed by atoms with E-state index in [9.17, 15) is 5.11 Å². The third-order valence-electron chi connectivity index (χ3n) is 5.72. The van der Waals surface area contributed by atoms with Gasteiger partial charge in [-0.1, -0.05) is 0 Å². The minimum atomic E-state index is 0.0855. The third-order valence-corrected chi connectivity index (χ3v) is 5.72. The van der Waals surface area contributed by atoms with Gasteiger partial charge in [0.05, 0.1) is 18.1 Å². The molecule has 3 aromatic rings. The summed E-state index contributed by atoms with van der Waals surface area (Å²) in [6.45, 7) is 5.71. The summed E-state index contributed by atoms with van der Waals surface area (Å²) in [6.07, 6.45) is 3.38. The van der Waals surface area contributed by atoms with Crippen molar-refractivity contribution in [2.75, 3.05) is 26.7 Å². The molecule has 1 atom stereocenters. The molecular formula is C22H23N5O3. The van der Waals surface area contributed by atoms with Gasteiger partial charge in [-0.05, 0) is 31.2 Å². The van der Waals surface area contributed by atoms with Gasteiger partial charge >= 0.3 is 0 Å². The smallest absolute Gasteiger partial charge is 0.183 e. The van der Waals surface area contributed by atoms with Crippen LogP contribution in [0, 0.1) is 0 Å². The van der Waals surface area contributed by atoms with Crippen molar-refractivity contribution in [2.45, 2.75) is 19.5 Å². The summed E-state index contributed by atoms with van der Waals surface area (Å²) in [4.78, 5) is 6.59. The minimum absolute atomic E-state index is 0.0855. The maximum Gasteiger partial charge on any atom is 0.183 e. The lowest BCUT2D eigenvalue weighted by atomic mass is 10.1. The van der Waals surface area contributed by atoms with Crippen LogP contribution in [0.3, 0.4) is 0 Å². The molecule has 154 valence electrons. The average molecular weight is 405 g/mol. The largest absolute Gasteiger partial charge is 0.504 e. The number of aromatic hydroxyl groups is 1. The highest BCUT2D eigenvalue weighted by Crippen LogP contribution is 2.41. The molecule has 2 aliphatic heterocycles. The molecule has 1 saturated heterocycles. The molecule has 4 heterocycles. The molecule has 30 heavy (non-hydrogen) atoms. The molecule has 2 N–H and O–H groups in total. The zero-order chi connectivity index (χ0) is 20.7. The number of nitrogens with one attached hydrogen (secondary N) is 1. The van der Waals surface area contributed by atoms with Crippen LogP contribution in [0.2, 0.25) is 0 Å². The van der Waals surface area contributed by atoms with Crippen LogP contribution >= 0.6 is 0 Å². The number of furan rings is 1. The number of aromatic nitrogens is 1. The molecule has 0 aliphatic carbocycles. The number of hydrogen-bond donors (Lipinski definition) is 2. The molecule has 8 nitrogen and oxygen atoms in total. The normalized spacial score (nSPS) is 20.2. The van der Waals surface area contributed by atoms with Crippen LogP contribution in [0.4, 0.5) is 5.82 Å². The first-order valence-corrected chi connectivity index (χ1v) is 10.0. The fraction of sp³-hybridized carbons (Fsp3) is 0.318. The van der Waals surface area contributed by atoms with E-state index in [0.717, 1.165) is 36.5 Å². The van der Waals surface area contributed by atoms with Gasteiger partial charge in [-0.25, -0.2) is 4.98 Å². The Bertz CT molecular complexity index is 1170.